The Kier molecular flexibility index (Phi) is 15.9. The van der Waals surface area contributed by atoms with Gasteiger partial charge in [0.1, 0.15) is 11.6 Å². The van der Waals surface area contributed by atoms with Crippen molar-refractivity contribution < 1.29 is 9.59 Å². The zero-order chi connectivity index (χ0) is 18.4. The van der Waals surface area contributed by atoms with Crippen LogP contribution in [0.4, 0.5) is 0 Å². The summed E-state index contributed by atoms with van der Waals surface area (Å²) < 4.78 is 0. The first-order valence-corrected chi connectivity index (χ1v) is 9.63. The van der Waals surface area contributed by atoms with Gasteiger partial charge in [-0.05, 0) is 24.7 Å². The highest BCUT2D eigenvalue weighted by Crippen LogP contribution is 2.10. The Morgan fingerprint density at radius 2 is 0.913 bits per heavy atom. The summed E-state index contributed by atoms with van der Waals surface area (Å²) in [6, 6.07) is 0. The summed E-state index contributed by atoms with van der Waals surface area (Å²) in [4.78, 5) is 22.3. The molecule has 0 aliphatic heterocycles. The number of Topliss-reactive ketones (excluding diaryl/α,β-unsaturated/α-hetero) is 2. The topological polar surface area (TPSA) is 34.1 Å². The van der Waals surface area contributed by atoms with E-state index in [1.807, 2.05) is 27.7 Å². The Balaban J connectivity index is 0. The summed E-state index contributed by atoms with van der Waals surface area (Å²) in [6.45, 7) is 16.7. The third-order valence-electron chi connectivity index (χ3n) is 3.95. The molecule has 0 spiro atoms. The summed E-state index contributed by atoms with van der Waals surface area (Å²) in [6.07, 6.45) is 7.34. The van der Waals surface area contributed by atoms with Gasteiger partial charge >= 0.3 is 0 Å². The number of rotatable bonds is 11. The van der Waals surface area contributed by atoms with E-state index >= 15 is 0 Å². The highest BCUT2D eigenvalue weighted by atomic mass is 16.1. The molecular weight excluding hydrogens is 284 g/mol. The minimum Gasteiger partial charge on any atom is -0.299 e. The van der Waals surface area contributed by atoms with Gasteiger partial charge < -0.3 is 0 Å². The van der Waals surface area contributed by atoms with E-state index in [0.717, 1.165) is 37.5 Å². The molecule has 0 fully saturated rings. The van der Waals surface area contributed by atoms with Gasteiger partial charge in [-0.2, -0.15) is 0 Å². The lowest BCUT2D eigenvalue weighted by Crippen LogP contribution is -2.06. The summed E-state index contributed by atoms with van der Waals surface area (Å²) in [5.74, 6) is 2.78. The van der Waals surface area contributed by atoms with Crippen molar-refractivity contribution in [3.63, 3.8) is 0 Å². The first-order chi connectivity index (χ1) is 10.6. The summed E-state index contributed by atoms with van der Waals surface area (Å²) in [5, 5.41) is 0. The molecule has 2 heteroatoms. The van der Waals surface area contributed by atoms with Crippen LogP contribution in [0.3, 0.4) is 0 Å². The molecule has 0 amide bonds. The standard InChI is InChI=1S/C11H22O.C10H20O/c1-9(2)7-5-6-8-11(12)10(3)4;1-8(2)6-5-7-10(11)9(3)4/h9-10H,5-8H2,1-4H3;8-9H,5-7H2,1-4H3. The highest BCUT2D eigenvalue weighted by Gasteiger charge is 2.07. The number of hydrogen-bond donors (Lipinski definition) is 0. The van der Waals surface area contributed by atoms with Gasteiger partial charge in [0.25, 0.3) is 0 Å². The number of carbonyl (C=O) groups is 2. The molecule has 0 aliphatic rings. The lowest BCUT2D eigenvalue weighted by molar-refractivity contribution is -0.122. The van der Waals surface area contributed by atoms with Gasteiger partial charge in [0, 0.05) is 24.7 Å². The second-order valence-corrected chi connectivity index (χ2v) is 8.17. The maximum absolute atomic E-state index is 11.2. The van der Waals surface area contributed by atoms with E-state index < -0.39 is 0 Å². The monoisotopic (exact) mass is 326 g/mol. The number of unbranched alkanes of at least 4 members (excludes halogenated alkanes) is 1. The average Bonchev–Trinajstić information content (AvgIpc) is 2.43. The number of ketones is 2. The molecule has 0 radical (unpaired) electrons. The Morgan fingerprint density at radius 3 is 1.26 bits per heavy atom. The molecule has 0 heterocycles. The van der Waals surface area contributed by atoms with E-state index in [4.69, 9.17) is 0 Å². The van der Waals surface area contributed by atoms with Crippen LogP contribution in [-0.4, -0.2) is 11.6 Å². The molecule has 0 unspecified atom stereocenters. The van der Waals surface area contributed by atoms with Crippen LogP contribution < -0.4 is 0 Å². The van der Waals surface area contributed by atoms with Crippen molar-refractivity contribution in [1.29, 1.82) is 0 Å². The molecule has 0 aromatic rings. The lowest BCUT2D eigenvalue weighted by Gasteiger charge is -2.05. The normalized spacial score (nSPS) is 11.1. The number of carbonyl (C=O) groups excluding carboxylic acids is 2. The van der Waals surface area contributed by atoms with Gasteiger partial charge in [0.2, 0.25) is 0 Å². The first kappa shape index (κ1) is 24.6. The molecule has 0 N–H and O–H groups in total. The maximum Gasteiger partial charge on any atom is 0.135 e. The highest BCUT2D eigenvalue weighted by molar-refractivity contribution is 5.80. The molecular formula is C21H42O2. The molecule has 0 aromatic carbocycles. The largest absolute Gasteiger partial charge is 0.299 e. The van der Waals surface area contributed by atoms with Gasteiger partial charge in [0.15, 0.2) is 0 Å². The minimum atomic E-state index is 0.224. The van der Waals surface area contributed by atoms with Crippen LogP contribution in [0.2, 0.25) is 0 Å². The third-order valence-corrected chi connectivity index (χ3v) is 3.95. The Bertz CT molecular complexity index is 301. The quantitative estimate of drug-likeness (QED) is 0.408. The van der Waals surface area contributed by atoms with E-state index in [1.165, 1.54) is 19.3 Å². The molecule has 0 rings (SSSR count). The Morgan fingerprint density at radius 1 is 0.565 bits per heavy atom. The van der Waals surface area contributed by atoms with Gasteiger partial charge in [0.05, 0.1) is 0 Å². The Labute approximate surface area is 145 Å². The van der Waals surface area contributed by atoms with E-state index in [-0.39, 0.29) is 11.8 Å². The first-order valence-electron chi connectivity index (χ1n) is 9.63. The molecule has 0 saturated carbocycles. The average molecular weight is 327 g/mol. The maximum atomic E-state index is 11.2. The zero-order valence-electron chi connectivity index (χ0n) is 17.1. The smallest absolute Gasteiger partial charge is 0.135 e. The van der Waals surface area contributed by atoms with Crippen molar-refractivity contribution in [2.75, 3.05) is 0 Å². The van der Waals surface area contributed by atoms with Crippen molar-refractivity contribution in [1.82, 2.24) is 0 Å². The molecule has 138 valence electrons. The lowest BCUT2D eigenvalue weighted by atomic mass is 10.00. The second kappa shape index (κ2) is 14.9. The third kappa shape index (κ3) is 19.3. The predicted octanol–water partition coefficient (Wildman–Crippen LogP) is 6.47. The molecule has 0 saturated heterocycles. The van der Waals surface area contributed by atoms with Crippen LogP contribution in [0, 0.1) is 23.7 Å². The van der Waals surface area contributed by atoms with Crippen molar-refractivity contribution in [3.8, 4) is 0 Å². The van der Waals surface area contributed by atoms with Gasteiger partial charge in [-0.15, -0.1) is 0 Å². The van der Waals surface area contributed by atoms with E-state index in [1.54, 1.807) is 0 Å². The zero-order valence-corrected chi connectivity index (χ0v) is 17.1. The molecule has 0 atom stereocenters. The molecule has 23 heavy (non-hydrogen) atoms. The Hall–Kier alpha value is -0.660. The summed E-state index contributed by atoms with van der Waals surface area (Å²) in [7, 11) is 0. The van der Waals surface area contributed by atoms with Crippen molar-refractivity contribution in [2.45, 2.75) is 100 Å². The van der Waals surface area contributed by atoms with Crippen LogP contribution in [-0.2, 0) is 9.59 Å². The van der Waals surface area contributed by atoms with Crippen LogP contribution in [0.15, 0.2) is 0 Å². The van der Waals surface area contributed by atoms with Crippen molar-refractivity contribution >= 4 is 11.6 Å². The summed E-state index contributed by atoms with van der Waals surface area (Å²) >= 11 is 0. The van der Waals surface area contributed by atoms with Gasteiger partial charge in [-0.3, -0.25) is 9.59 Å². The van der Waals surface area contributed by atoms with Crippen LogP contribution in [0.25, 0.3) is 0 Å². The molecule has 0 aliphatic carbocycles. The van der Waals surface area contributed by atoms with Crippen LogP contribution in [0.5, 0.6) is 0 Å². The van der Waals surface area contributed by atoms with E-state index in [2.05, 4.69) is 27.7 Å². The SMILES string of the molecule is CC(C)CCCC(=O)C(C)C.CC(C)CCCCC(=O)C(C)C. The van der Waals surface area contributed by atoms with Gasteiger partial charge in [-0.25, -0.2) is 0 Å². The van der Waals surface area contributed by atoms with Crippen LogP contribution >= 0.6 is 0 Å². The fourth-order valence-corrected chi connectivity index (χ4v) is 2.11. The van der Waals surface area contributed by atoms with Crippen molar-refractivity contribution in [3.05, 3.63) is 0 Å². The van der Waals surface area contributed by atoms with E-state index in [9.17, 15) is 9.59 Å². The molecule has 0 aromatic heterocycles. The molecule has 2 nitrogen and oxygen atoms in total. The fraction of sp³-hybridized carbons (Fsp3) is 0.905. The molecule has 0 bridgehead atoms. The van der Waals surface area contributed by atoms with Crippen molar-refractivity contribution in [2.24, 2.45) is 23.7 Å². The fourth-order valence-electron chi connectivity index (χ4n) is 2.11. The van der Waals surface area contributed by atoms with E-state index in [0.29, 0.717) is 11.6 Å². The van der Waals surface area contributed by atoms with Crippen LogP contribution in [0.1, 0.15) is 100 Å². The second-order valence-electron chi connectivity index (χ2n) is 8.17. The predicted molar refractivity (Wildman–Crippen MR) is 102 cm³/mol. The summed E-state index contributed by atoms with van der Waals surface area (Å²) in [5.41, 5.74) is 0. The number of hydrogen-bond acceptors (Lipinski definition) is 2. The van der Waals surface area contributed by atoms with Gasteiger partial charge in [-0.1, -0.05) is 74.7 Å². The minimum absolute atomic E-state index is 0.224.